The van der Waals surface area contributed by atoms with Crippen molar-refractivity contribution in [3.8, 4) is 5.75 Å². The minimum atomic E-state index is -2.08. The number of hydrogen-bond donors (Lipinski definition) is 4. The van der Waals surface area contributed by atoms with Crippen LogP contribution in [-0.4, -0.2) is 43.6 Å². The van der Waals surface area contributed by atoms with Gasteiger partial charge < -0.3 is 25.3 Å². The smallest absolute Gasteiger partial charge is 0.224 e. The molecular formula is C34H48N2O4Si. The number of benzene rings is 3. The fourth-order valence-electron chi connectivity index (χ4n) is 4.46. The van der Waals surface area contributed by atoms with Gasteiger partial charge in [-0.15, -0.1) is 0 Å². The summed E-state index contributed by atoms with van der Waals surface area (Å²) in [7, 11) is -2.08. The van der Waals surface area contributed by atoms with Crippen LogP contribution in [-0.2, 0) is 35.1 Å². The summed E-state index contributed by atoms with van der Waals surface area (Å²) in [4.78, 5) is 12.4. The van der Waals surface area contributed by atoms with Gasteiger partial charge >= 0.3 is 0 Å². The number of aliphatic hydroxyl groups excluding tert-OH is 1. The summed E-state index contributed by atoms with van der Waals surface area (Å²) in [5.74, 6) is 0.131. The molecule has 0 spiro atoms. The fraction of sp³-hybridized carbons (Fsp3) is 0.441. The lowest BCUT2D eigenvalue weighted by molar-refractivity contribution is -0.120. The largest absolute Gasteiger partial charge is 0.508 e. The molecule has 0 saturated heterocycles. The molecule has 4 N–H and O–H groups in total. The van der Waals surface area contributed by atoms with Gasteiger partial charge in [-0.05, 0) is 72.3 Å². The predicted molar refractivity (Wildman–Crippen MR) is 170 cm³/mol. The maximum atomic E-state index is 12.4. The highest BCUT2D eigenvalue weighted by Crippen LogP contribution is 2.40. The van der Waals surface area contributed by atoms with E-state index in [0.29, 0.717) is 25.1 Å². The van der Waals surface area contributed by atoms with Crippen molar-refractivity contribution in [2.45, 2.75) is 83.8 Å². The van der Waals surface area contributed by atoms with Crippen molar-refractivity contribution in [1.82, 2.24) is 10.6 Å². The van der Waals surface area contributed by atoms with E-state index >= 15 is 0 Å². The molecule has 0 aliphatic rings. The molecular weight excluding hydrogens is 528 g/mol. The van der Waals surface area contributed by atoms with Gasteiger partial charge in [0.25, 0.3) is 0 Å². The number of rotatable bonds is 14. The molecule has 0 bridgehead atoms. The second-order valence-corrected chi connectivity index (χ2v) is 17.3. The number of amides is 1. The highest BCUT2D eigenvalue weighted by Gasteiger charge is 2.39. The van der Waals surface area contributed by atoms with Crippen molar-refractivity contribution in [2.75, 3.05) is 13.1 Å². The number of hydrogen-bond acceptors (Lipinski definition) is 5. The highest BCUT2D eigenvalue weighted by molar-refractivity contribution is 6.74. The second-order valence-electron chi connectivity index (χ2n) is 12.5. The summed E-state index contributed by atoms with van der Waals surface area (Å²) in [6.45, 7) is 14.3. The maximum absolute atomic E-state index is 12.4. The molecule has 41 heavy (non-hydrogen) atoms. The van der Waals surface area contributed by atoms with Gasteiger partial charge in [0.15, 0.2) is 8.32 Å². The third-order valence-corrected chi connectivity index (χ3v) is 12.5. The van der Waals surface area contributed by atoms with E-state index in [1.54, 1.807) is 6.07 Å². The van der Waals surface area contributed by atoms with Gasteiger partial charge in [0.2, 0.25) is 5.91 Å². The second kappa shape index (κ2) is 14.8. The van der Waals surface area contributed by atoms with Gasteiger partial charge in [-0.25, -0.2) is 0 Å². The maximum Gasteiger partial charge on any atom is 0.224 e. The molecule has 0 radical (unpaired) electrons. The van der Waals surface area contributed by atoms with Gasteiger partial charge in [-0.3, -0.25) is 4.79 Å². The van der Waals surface area contributed by atoms with E-state index in [9.17, 15) is 15.0 Å². The zero-order valence-electron chi connectivity index (χ0n) is 25.5. The minimum Gasteiger partial charge on any atom is -0.508 e. The molecule has 0 saturated carbocycles. The molecule has 0 aliphatic carbocycles. The third kappa shape index (κ3) is 10.1. The van der Waals surface area contributed by atoms with E-state index in [1.807, 2.05) is 42.5 Å². The Labute approximate surface area is 247 Å². The lowest BCUT2D eigenvalue weighted by Crippen LogP contribution is -2.44. The van der Waals surface area contributed by atoms with Gasteiger partial charge in [-0.2, -0.15) is 0 Å². The lowest BCUT2D eigenvalue weighted by atomic mass is 10.0. The first-order chi connectivity index (χ1) is 19.4. The molecule has 7 heteroatoms. The Morgan fingerprint density at radius 2 is 1.61 bits per heavy atom. The van der Waals surface area contributed by atoms with Crippen LogP contribution in [0, 0.1) is 0 Å². The highest BCUT2D eigenvalue weighted by atomic mass is 28.4. The molecule has 1 amide bonds. The van der Waals surface area contributed by atoms with E-state index in [4.69, 9.17) is 4.43 Å². The van der Waals surface area contributed by atoms with Crippen molar-refractivity contribution in [2.24, 2.45) is 0 Å². The Morgan fingerprint density at radius 1 is 0.951 bits per heavy atom. The number of nitrogens with one attached hydrogen (secondary N) is 2. The Morgan fingerprint density at radius 3 is 2.24 bits per heavy atom. The number of aromatic hydroxyl groups is 1. The van der Waals surface area contributed by atoms with Gasteiger partial charge in [0.05, 0.1) is 19.1 Å². The van der Waals surface area contributed by atoms with Crippen molar-refractivity contribution in [1.29, 1.82) is 0 Å². The summed E-state index contributed by atoms with van der Waals surface area (Å²) in [6.07, 6.45) is 1.84. The summed E-state index contributed by atoms with van der Waals surface area (Å²) < 4.78 is 6.81. The van der Waals surface area contributed by atoms with Crippen LogP contribution in [0.5, 0.6) is 5.75 Å². The molecule has 0 aliphatic heterocycles. The zero-order chi connectivity index (χ0) is 30.0. The van der Waals surface area contributed by atoms with Gasteiger partial charge in [-0.1, -0.05) is 81.4 Å². The molecule has 2 atom stereocenters. The van der Waals surface area contributed by atoms with Crippen LogP contribution in [0.25, 0.3) is 0 Å². The van der Waals surface area contributed by atoms with E-state index in [1.165, 1.54) is 11.1 Å². The molecule has 0 aromatic heterocycles. The van der Waals surface area contributed by atoms with Crippen LogP contribution in [0.4, 0.5) is 0 Å². The van der Waals surface area contributed by atoms with Crippen molar-refractivity contribution < 1.29 is 19.4 Å². The molecule has 3 rings (SSSR count). The SMILES string of the molecule is C[C@H](Cc1ccc(CC(=O)NCCc2ccccc2)cc1)NC[C@@H](O[Si](C)(C)C(C)(C)C)c1ccc(O)c(CO)c1. The summed E-state index contributed by atoms with van der Waals surface area (Å²) >= 11 is 0. The van der Waals surface area contributed by atoms with Crippen molar-refractivity contribution in [3.05, 3.63) is 101 Å². The van der Waals surface area contributed by atoms with Crippen LogP contribution in [0.1, 0.15) is 61.6 Å². The molecule has 3 aromatic rings. The molecule has 0 unspecified atom stereocenters. The average Bonchev–Trinajstić information content (AvgIpc) is 2.92. The number of phenols is 1. The first-order valence-electron chi connectivity index (χ1n) is 14.6. The van der Waals surface area contributed by atoms with Crippen LogP contribution in [0.2, 0.25) is 18.1 Å². The number of carbonyl (C=O) groups excluding carboxylic acids is 1. The lowest BCUT2D eigenvalue weighted by Gasteiger charge is -2.40. The minimum absolute atomic E-state index is 0.0371. The molecule has 222 valence electrons. The normalized spacial score (nSPS) is 13.5. The Balaban J connectivity index is 1.55. The molecule has 6 nitrogen and oxygen atoms in total. The zero-order valence-corrected chi connectivity index (χ0v) is 26.5. The Bertz CT molecular complexity index is 1240. The standard InChI is InChI=1S/C34H48N2O4Si/c1-25(20-27-12-14-28(15-13-27)21-33(39)35-19-18-26-10-8-7-9-11-26)36-23-32(40-41(5,6)34(2,3)4)29-16-17-31(38)30(22-29)24-37/h7-17,22,25,32,36-38H,18-21,23-24H2,1-6H3,(H,35,39)/t25-,32-/m1/s1. The van der Waals surface area contributed by atoms with Crippen LogP contribution < -0.4 is 10.6 Å². The molecule has 0 fully saturated rings. The first-order valence-corrected chi connectivity index (χ1v) is 17.5. The predicted octanol–water partition coefficient (Wildman–Crippen LogP) is 6.07. The Kier molecular flexibility index (Phi) is 11.7. The van der Waals surface area contributed by atoms with Crippen molar-refractivity contribution >= 4 is 14.2 Å². The topological polar surface area (TPSA) is 90.8 Å². The van der Waals surface area contributed by atoms with E-state index in [0.717, 1.165) is 24.0 Å². The fourth-order valence-corrected chi connectivity index (χ4v) is 5.74. The molecule has 0 heterocycles. The summed E-state index contributed by atoms with van der Waals surface area (Å²) in [5.41, 5.74) is 4.87. The van der Waals surface area contributed by atoms with Crippen LogP contribution in [0.15, 0.2) is 72.8 Å². The van der Waals surface area contributed by atoms with Gasteiger partial charge in [0.1, 0.15) is 5.75 Å². The quantitative estimate of drug-likeness (QED) is 0.175. The number of carbonyl (C=O) groups is 1. The first kappa shape index (κ1) is 32.5. The van der Waals surface area contributed by atoms with E-state index in [-0.39, 0.29) is 35.4 Å². The molecule has 3 aromatic carbocycles. The van der Waals surface area contributed by atoms with E-state index in [2.05, 4.69) is 75.7 Å². The van der Waals surface area contributed by atoms with Gasteiger partial charge in [0, 0.05) is 24.7 Å². The number of aliphatic hydroxyl groups is 1. The van der Waals surface area contributed by atoms with Crippen LogP contribution in [0.3, 0.4) is 0 Å². The average molecular weight is 577 g/mol. The van der Waals surface area contributed by atoms with E-state index < -0.39 is 8.32 Å². The summed E-state index contributed by atoms with van der Waals surface area (Å²) in [6, 6.07) is 24.0. The third-order valence-electron chi connectivity index (χ3n) is 8.05. The van der Waals surface area contributed by atoms with Crippen LogP contribution >= 0.6 is 0 Å². The Hall–Kier alpha value is -2.97. The van der Waals surface area contributed by atoms with Crippen molar-refractivity contribution in [3.63, 3.8) is 0 Å². The monoisotopic (exact) mass is 576 g/mol. The summed E-state index contributed by atoms with van der Waals surface area (Å²) in [5, 5.41) is 26.5.